The number of aliphatic hydroxyl groups excluding tert-OH is 1. The summed E-state index contributed by atoms with van der Waals surface area (Å²) in [5.74, 6) is -1.24. The lowest BCUT2D eigenvalue weighted by atomic mass is 10.1. The number of aliphatic hydroxyl groups is 1. The van der Waals surface area contributed by atoms with Crippen LogP contribution in [0.5, 0.6) is 0 Å². The largest absolute Gasteiger partial charge is 0.480 e. The Balaban J connectivity index is 2.55. The SMILES string of the molecule is CC(C)[C@H](NC(=O)N1CCOC(CO)C1)C(=O)O. The first-order valence-electron chi connectivity index (χ1n) is 5.96. The van der Waals surface area contributed by atoms with Crippen molar-refractivity contribution in [1.29, 1.82) is 0 Å². The van der Waals surface area contributed by atoms with Crippen molar-refractivity contribution in [2.45, 2.75) is 26.0 Å². The summed E-state index contributed by atoms with van der Waals surface area (Å²) in [5.41, 5.74) is 0. The van der Waals surface area contributed by atoms with E-state index in [0.29, 0.717) is 13.2 Å². The van der Waals surface area contributed by atoms with Crippen LogP contribution in [0.2, 0.25) is 0 Å². The maximum atomic E-state index is 11.9. The number of morpholine rings is 1. The van der Waals surface area contributed by atoms with Crippen LogP contribution in [0.15, 0.2) is 0 Å². The summed E-state index contributed by atoms with van der Waals surface area (Å²) < 4.78 is 5.22. The molecule has 0 aromatic rings. The highest BCUT2D eigenvalue weighted by molar-refractivity contribution is 5.82. The standard InChI is InChI=1S/C11H20N2O5/c1-7(2)9(10(15)16)12-11(17)13-3-4-18-8(5-13)6-14/h7-9,14H,3-6H2,1-2H3,(H,12,17)(H,15,16)/t8?,9-/m0/s1. The average Bonchev–Trinajstić information content (AvgIpc) is 2.34. The van der Waals surface area contributed by atoms with Crippen LogP contribution >= 0.6 is 0 Å². The van der Waals surface area contributed by atoms with Gasteiger partial charge in [0.15, 0.2) is 0 Å². The Morgan fingerprint density at radius 1 is 1.50 bits per heavy atom. The van der Waals surface area contributed by atoms with Crippen LogP contribution in [0.25, 0.3) is 0 Å². The Hall–Kier alpha value is -1.34. The molecule has 3 N–H and O–H groups in total. The second kappa shape index (κ2) is 6.55. The number of hydrogen-bond donors (Lipinski definition) is 3. The number of hydrogen-bond acceptors (Lipinski definition) is 4. The molecule has 104 valence electrons. The lowest BCUT2D eigenvalue weighted by Gasteiger charge is -2.33. The summed E-state index contributed by atoms with van der Waals surface area (Å²) in [6, 6.07) is -1.34. The summed E-state index contributed by atoms with van der Waals surface area (Å²) in [6.07, 6.45) is -0.396. The third kappa shape index (κ3) is 3.85. The van der Waals surface area contributed by atoms with Crippen LogP contribution in [0, 0.1) is 5.92 Å². The first kappa shape index (κ1) is 14.7. The molecule has 1 heterocycles. The van der Waals surface area contributed by atoms with Crippen molar-refractivity contribution in [2.24, 2.45) is 5.92 Å². The van der Waals surface area contributed by atoms with Crippen molar-refractivity contribution < 1.29 is 24.5 Å². The predicted octanol–water partition coefficient (Wildman–Crippen LogP) is -0.502. The Kier molecular flexibility index (Phi) is 5.36. The highest BCUT2D eigenvalue weighted by Crippen LogP contribution is 2.07. The molecule has 18 heavy (non-hydrogen) atoms. The maximum Gasteiger partial charge on any atom is 0.326 e. The summed E-state index contributed by atoms with van der Waals surface area (Å²) in [5, 5.41) is 20.4. The van der Waals surface area contributed by atoms with Crippen molar-refractivity contribution >= 4 is 12.0 Å². The Labute approximate surface area is 106 Å². The number of rotatable bonds is 4. The monoisotopic (exact) mass is 260 g/mol. The fourth-order valence-corrected chi connectivity index (χ4v) is 1.75. The molecule has 2 atom stereocenters. The summed E-state index contributed by atoms with van der Waals surface area (Å²) in [6.45, 7) is 4.32. The number of ether oxygens (including phenoxy) is 1. The van der Waals surface area contributed by atoms with Gasteiger partial charge in [0.25, 0.3) is 0 Å². The average molecular weight is 260 g/mol. The molecule has 1 unspecified atom stereocenters. The van der Waals surface area contributed by atoms with Gasteiger partial charge in [-0.25, -0.2) is 9.59 Å². The zero-order valence-electron chi connectivity index (χ0n) is 10.6. The van der Waals surface area contributed by atoms with Crippen LogP contribution in [0.3, 0.4) is 0 Å². The third-order valence-electron chi connectivity index (χ3n) is 2.84. The number of aliphatic carboxylic acids is 1. The molecule has 0 aliphatic carbocycles. The highest BCUT2D eigenvalue weighted by Gasteiger charge is 2.28. The van der Waals surface area contributed by atoms with Gasteiger partial charge in [0.05, 0.1) is 25.9 Å². The van der Waals surface area contributed by atoms with E-state index >= 15 is 0 Å². The molecule has 0 aromatic carbocycles. The molecule has 0 aromatic heterocycles. The molecule has 1 aliphatic rings. The van der Waals surface area contributed by atoms with E-state index in [-0.39, 0.29) is 19.1 Å². The zero-order valence-corrected chi connectivity index (χ0v) is 10.6. The van der Waals surface area contributed by atoms with Crippen LogP contribution in [-0.4, -0.2) is 65.6 Å². The molecule has 1 saturated heterocycles. The van der Waals surface area contributed by atoms with Crippen LogP contribution in [0.4, 0.5) is 4.79 Å². The molecule has 0 spiro atoms. The smallest absolute Gasteiger partial charge is 0.326 e. The molecule has 0 radical (unpaired) electrons. The van der Waals surface area contributed by atoms with Crippen molar-refractivity contribution in [3.63, 3.8) is 0 Å². The fourth-order valence-electron chi connectivity index (χ4n) is 1.75. The predicted molar refractivity (Wildman–Crippen MR) is 63.2 cm³/mol. The van der Waals surface area contributed by atoms with Gasteiger partial charge in [0, 0.05) is 6.54 Å². The summed E-state index contributed by atoms with van der Waals surface area (Å²) in [7, 11) is 0. The van der Waals surface area contributed by atoms with Gasteiger partial charge in [-0.15, -0.1) is 0 Å². The van der Waals surface area contributed by atoms with E-state index in [1.807, 2.05) is 0 Å². The Bertz CT molecular complexity index is 308. The van der Waals surface area contributed by atoms with E-state index in [1.54, 1.807) is 13.8 Å². The molecule has 1 aliphatic heterocycles. The van der Waals surface area contributed by atoms with Crippen LogP contribution in [-0.2, 0) is 9.53 Å². The Morgan fingerprint density at radius 2 is 2.17 bits per heavy atom. The molecule has 1 fully saturated rings. The molecule has 0 saturated carbocycles. The van der Waals surface area contributed by atoms with Gasteiger partial charge in [0.1, 0.15) is 6.04 Å². The molecule has 2 amide bonds. The van der Waals surface area contributed by atoms with Gasteiger partial charge in [-0.2, -0.15) is 0 Å². The molecule has 0 bridgehead atoms. The van der Waals surface area contributed by atoms with E-state index in [4.69, 9.17) is 14.9 Å². The molecular formula is C11H20N2O5. The quantitative estimate of drug-likeness (QED) is 0.633. The minimum atomic E-state index is -1.05. The third-order valence-corrected chi connectivity index (χ3v) is 2.84. The lowest BCUT2D eigenvalue weighted by Crippen LogP contribution is -2.55. The summed E-state index contributed by atoms with van der Waals surface area (Å²) >= 11 is 0. The van der Waals surface area contributed by atoms with Crippen molar-refractivity contribution in [1.82, 2.24) is 10.2 Å². The minimum absolute atomic E-state index is 0.156. The van der Waals surface area contributed by atoms with Crippen molar-refractivity contribution in [3.8, 4) is 0 Å². The number of nitrogens with zero attached hydrogens (tertiary/aromatic N) is 1. The van der Waals surface area contributed by atoms with Gasteiger partial charge in [-0.1, -0.05) is 13.8 Å². The number of carboxylic acids is 1. The van der Waals surface area contributed by atoms with E-state index < -0.39 is 24.1 Å². The number of carbonyl (C=O) groups excluding carboxylic acids is 1. The number of amides is 2. The van der Waals surface area contributed by atoms with Crippen molar-refractivity contribution in [3.05, 3.63) is 0 Å². The van der Waals surface area contributed by atoms with Crippen molar-refractivity contribution in [2.75, 3.05) is 26.3 Å². The second-order valence-electron chi connectivity index (χ2n) is 4.63. The van der Waals surface area contributed by atoms with E-state index in [1.165, 1.54) is 4.90 Å². The summed E-state index contributed by atoms with van der Waals surface area (Å²) in [4.78, 5) is 24.3. The molecule has 7 heteroatoms. The molecule has 1 rings (SSSR count). The number of carbonyl (C=O) groups is 2. The first-order chi connectivity index (χ1) is 8.45. The molecule has 7 nitrogen and oxygen atoms in total. The van der Waals surface area contributed by atoms with E-state index in [9.17, 15) is 9.59 Å². The van der Waals surface area contributed by atoms with E-state index in [0.717, 1.165) is 0 Å². The minimum Gasteiger partial charge on any atom is -0.480 e. The maximum absolute atomic E-state index is 11.9. The van der Waals surface area contributed by atoms with Gasteiger partial charge in [-0.05, 0) is 5.92 Å². The van der Waals surface area contributed by atoms with Crippen LogP contribution < -0.4 is 5.32 Å². The Morgan fingerprint density at radius 3 is 2.67 bits per heavy atom. The first-order valence-corrected chi connectivity index (χ1v) is 5.96. The number of urea groups is 1. The van der Waals surface area contributed by atoms with Gasteiger partial charge >= 0.3 is 12.0 Å². The van der Waals surface area contributed by atoms with Gasteiger partial charge < -0.3 is 25.2 Å². The topological polar surface area (TPSA) is 99.1 Å². The van der Waals surface area contributed by atoms with E-state index in [2.05, 4.69) is 5.32 Å². The zero-order chi connectivity index (χ0) is 13.7. The lowest BCUT2D eigenvalue weighted by molar-refractivity contribution is -0.140. The number of nitrogens with one attached hydrogen (secondary N) is 1. The van der Waals surface area contributed by atoms with Gasteiger partial charge in [0.2, 0.25) is 0 Å². The van der Waals surface area contributed by atoms with Gasteiger partial charge in [-0.3, -0.25) is 0 Å². The molecular weight excluding hydrogens is 240 g/mol. The number of carboxylic acid groups (broad SMARTS) is 1. The fraction of sp³-hybridized carbons (Fsp3) is 0.818. The highest BCUT2D eigenvalue weighted by atomic mass is 16.5. The second-order valence-corrected chi connectivity index (χ2v) is 4.63. The van der Waals surface area contributed by atoms with Crippen LogP contribution in [0.1, 0.15) is 13.8 Å². The normalized spacial score (nSPS) is 21.8.